The van der Waals surface area contributed by atoms with Crippen molar-refractivity contribution in [1.29, 1.82) is 0 Å². The number of carbonyl (C=O) groups is 1. The van der Waals surface area contributed by atoms with Crippen molar-refractivity contribution in [2.24, 2.45) is 0 Å². The predicted molar refractivity (Wildman–Crippen MR) is 81.0 cm³/mol. The van der Waals surface area contributed by atoms with E-state index in [0.717, 1.165) is 24.5 Å². The number of aromatic nitrogens is 4. The fraction of sp³-hybridized carbons (Fsp3) is 0.400. The molecular weight excluding hydrogens is 280 g/mol. The average molecular weight is 298 g/mol. The summed E-state index contributed by atoms with van der Waals surface area (Å²) in [5, 5.41) is 2.74. The number of aryl methyl sites for hydroxylation is 1. The molecule has 0 saturated heterocycles. The zero-order chi connectivity index (χ0) is 15.5. The lowest BCUT2D eigenvalue weighted by molar-refractivity contribution is -0.121. The first-order valence-electron chi connectivity index (χ1n) is 7.27. The van der Waals surface area contributed by atoms with Crippen molar-refractivity contribution in [2.75, 3.05) is 11.9 Å². The molecule has 2 aromatic rings. The third-order valence-electron chi connectivity index (χ3n) is 3.82. The zero-order valence-corrected chi connectivity index (χ0v) is 12.7. The molecule has 22 heavy (non-hydrogen) atoms. The summed E-state index contributed by atoms with van der Waals surface area (Å²) >= 11 is 0. The van der Waals surface area contributed by atoms with Gasteiger partial charge in [0.25, 0.3) is 0 Å². The molecule has 0 fully saturated rings. The highest BCUT2D eigenvalue weighted by Crippen LogP contribution is 2.18. The first-order chi connectivity index (χ1) is 10.6. The highest BCUT2D eigenvalue weighted by molar-refractivity contribution is 5.93. The van der Waals surface area contributed by atoms with E-state index < -0.39 is 0 Å². The van der Waals surface area contributed by atoms with Crippen LogP contribution in [0, 0.1) is 6.92 Å². The van der Waals surface area contributed by atoms with Gasteiger partial charge in [0, 0.05) is 31.7 Å². The Kier molecular flexibility index (Phi) is 4.06. The fourth-order valence-electron chi connectivity index (χ4n) is 2.50. The molecule has 7 nitrogen and oxygen atoms in total. The first-order valence-corrected chi connectivity index (χ1v) is 7.27. The smallest absolute Gasteiger partial charge is 0.243 e. The number of rotatable bonds is 3. The minimum atomic E-state index is -0.271. The van der Waals surface area contributed by atoms with E-state index in [1.165, 1.54) is 5.56 Å². The van der Waals surface area contributed by atoms with Crippen molar-refractivity contribution < 1.29 is 4.79 Å². The maximum absolute atomic E-state index is 12.3. The van der Waals surface area contributed by atoms with Gasteiger partial charge in [-0.05, 0) is 31.9 Å². The van der Waals surface area contributed by atoms with Crippen LogP contribution in [0.5, 0.6) is 0 Å². The van der Waals surface area contributed by atoms with Crippen LogP contribution in [0.3, 0.4) is 0 Å². The van der Waals surface area contributed by atoms with Crippen molar-refractivity contribution in [3.8, 4) is 0 Å². The van der Waals surface area contributed by atoms with E-state index in [9.17, 15) is 4.79 Å². The Hall–Kier alpha value is -2.41. The first kappa shape index (κ1) is 14.5. The van der Waals surface area contributed by atoms with Crippen LogP contribution in [0.4, 0.5) is 5.95 Å². The number of hydrogen-bond donors (Lipinski definition) is 1. The maximum atomic E-state index is 12.3. The molecule has 1 N–H and O–H groups in total. The number of hydrogen-bond acceptors (Lipinski definition) is 6. The second kappa shape index (κ2) is 6.15. The highest BCUT2D eigenvalue weighted by atomic mass is 16.2. The maximum Gasteiger partial charge on any atom is 0.243 e. The Balaban J connectivity index is 1.68. The van der Waals surface area contributed by atoms with Crippen LogP contribution in [-0.2, 0) is 17.8 Å². The van der Waals surface area contributed by atoms with Crippen molar-refractivity contribution in [2.45, 2.75) is 32.9 Å². The molecular formula is C15H18N6O. The quantitative estimate of drug-likeness (QED) is 0.908. The van der Waals surface area contributed by atoms with Crippen LogP contribution in [0.15, 0.2) is 24.7 Å². The minimum Gasteiger partial charge on any atom is -0.293 e. The molecule has 1 unspecified atom stereocenters. The molecule has 1 aliphatic rings. The monoisotopic (exact) mass is 298 g/mol. The van der Waals surface area contributed by atoms with Gasteiger partial charge in [0.1, 0.15) is 5.82 Å². The van der Waals surface area contributed by atoms with Crippen LogP contribution in [-0.4, -0.2) is 43.3 Å². The molecule has 1 aliphatic heterocycles. The van der Waals surface area contributed by atoms with Crippen molar-refractivity contribution in [3.63, 3.8) is 0 Å². The van der Waals surface area contributed by atoms with Gasteiger partial charge in [-0.3, -0.25) is 15.0 Å². The lowest BCUT2D eigenvalue weighted by Crippen LogP contribution is -2.45. The minimum absolute atomic E-state index is 0.111. The highest BCUT2D eigenvalue weighted by Gasteiger charge is 2.26. The number of carbonyl (C=O) groups excluding carboxylic acids is 1. The summed E-state index contributed by atoms with van der Waals surface area (Å²) in [4.78, 5) is 31.2. The van der Waals surface area contributed by atoms with Gasteiger partial charge >= 0.3 is 0 Å². The summed E-state index contributed by atoms with van der Waals surface area (Å²) in [5.41, 5.74) is 2.18. The second-order valence-corrected chi connectivity index (χ2v) is 5.35. The lowest BCUT2D eigenvalue weighted by Gasteiger charge is -2.31. The molecule has 0 spiro atoms. The SMILES string of the molecule is Cc1ncc2c(n1)CN(C(C)C(=O)Nc1ncccn1)CC2. The van der Waals surface area contributed by atoms with Crippen molar-refractivity contribution in [3.05, 3.63) is 41.7 Å². The van der Waals surface area contributed by atoms with Gasteiger partial charge in [-0.1, -0.05) is 0 Å². The van der Waals surface area contributed by atoms with Crippen molar-refractivity contribution in [1.82, 2.24) is 24.8 Å². The van der Waals surface area contributed by atoms with Gasteiger partial charge in [-0.25, -0.2) is 19.9 Å². The van der Waals surface area contributed by atoms with E-state index in [-0.39, 0.29) is 11.9 Å². The Labute approximate surface area is 128 Å². The third kappa shape index (κ3) is 3.09. The van der Waals surface area contributed by atoms with Crippen molar-refractivity contribution >= 4 is 11.9 Å². The van der Waals surface area contributed by atoms with Crippen LogP contribution in [0.1, 0.15) is 24.0 Å². The lowest BCUT2D eigenvalue weighted by atomic mass is 10.0. The number of anilines is 1. The normalized spacial score (nSPS) is 15.9. The van der Waals surface area contributed by atoms with E-state index in [1.54, 1.807) is 18.5 Å². The molecule has 7 heteroatoms. The van der Waals surface area contributed by atoms with Crippen LogP contribution >= 0.6 is 0 Å². The summed E-state index contributed by atoms with van der Waals surface area (Å²) in [7, 11) is 0. The average Bonchev–Trinajstić information content (AvgIpc) is 2.54. The number of nitrogens with one attached hydrogen (secondary N) is 1. The Bertz CT molecular complexity index is 675. The molecule has 3 heterocycles. The summed E-state index contributed by atoms with van der Waals surface area (Å²) < 4.78 is 0. The van der Waals surface area contributed by atoms with Crippen LogP contribution < -0.4 is 5.32 Å². The molecule has 0 bridgehead atoms. The summed E-state index contributed by atoms with van der Waals surface area (Å²) in [6.07, 6.45) is 5.95. The van der Waals surface area contributed by atoms with E-state index in [2.05, 4.69) is 30.2 Å². The third-order valence-corrected chi connectivity index (χ3v) is 3.82. The second-order valence-electron chi connectivity index (χ2n) is 5.35. The Morgan fingerprint density at radius 2 is 2.09 bits per heavy atom. The van der Waals surface area contributed by atoms with Crippen LogP contribution in [0.25, 0.3) is 0 Å². The molecule has 1 amide bonds. The molecule has 2 aromatic heterocycles. The predicted octanol–water partition coefficient (Wildman–Crippen LogP) is 0.960. The van der Waals surface area contributed by atoms with Gasteiger partial charge in [-0.2, -0.15) is 0 Å². The van der Waals surface area contributed by atoms with Gasteiger partial charge in [0.15, 0.2) is 0 Å². The summed E-state index contributed by atoms with van der Waals surface area (Å²) in [6.45, 7) is 5.23. The van der Waals surface area contributed by atoms with Gasteiger partial charge < -0.3 is 0 Å². The van der Waals surface area contributed by atoms with E-state index >= 15 is 0 Å². The number of fused-ring (bicyclic) bond motifs is 1. The summed E-state index contributed by atoms with van der Waals surface area (Å²) in [5.74, 6) is 0.978. The van der Waals surface area contributed by atoms with Gasteiger partial charge in [-0.15, -0.1) is 0 Å². The van der Waals surface area contributed by atoms with E-state index in [1.807, 2.05) is 20.0 Å². The molecule has 1 atom stereocenters. The molecule has 0 radical (unpaired) electrons. The van der Waals surface area contributed by atoms with E-state index in [4.69, 9.17) is 0 Å². The Morgan fingerprint density at radius 1 is 1.32 bits per heavy atom. The topological polar surface area (TPSA) is 83.9 Å². The fourth-order valence-corrected chi connectivity index (χ4v) is 2.50. The Morgan fingerprint density at radius 3 is 2.86 bits per heavy atom. The molecule has 0 aliphatic carbocycles. The summed E-state index contributed by atoms with van der Waals surface area (Å²) in [6, 6.07) is 1.44. The number of amides is 1. The van der Waals surface area contributed by atoms with Gasteiger partial charge in [0.2, 0.25) is 11.9 Å². The molecule has 0 saturated carbocycles. The van der Waals surface area contributed by atoms with Crippen LogP contribution in [0.2, 0.25) is 0 Å². The molecule has 3 rings (SSSR count). The zero-order valence-electron chi connectivity index (χ0n) is 12.7. The molecule has 114 valence electrons. The largest absolute Gasteiger partial charge is 0.293 e. The number of nitrogens with zero attached hydrogens (tertiary/aromatic N) is 5. The van der Waals surface area contributed by atoms with Gasteiger partial charge in [0.05, 0.1) is 11.7 Å². The molecule has 0 aromatic carbocycles. The van der Waals surface area contributed by atoms with E-state index in [0.29, 0.717) is 12.5 Å². The standard InChI is InChI=1S/C15H18N6O/c1-10(14(22)20-15-16-5-3-6-17-15)21-7-4-12-8-18-11(2)19-13(12)9-21/h3,5-6,8,10H,4,7,9H2,1-2H3,(H,16,17,20,22).